The molecular weight excluding hydrogens is 218 g/mol. The number of hydrogen-bond donors (Lipinski definition) is 1. The van der Waals surface area contributed by atoms with E-state index in [9.17, 15) is 4.79 Å². The second-order valence-electron chi connectivity index (χ2n) is 5.90. The largest absolute Gasteiger partial charge is 0.461 e. The lowest BCUT2D eigenvalue weighted by molar-refractivity contribution is -0.158. The van der Waals surface area contributed by atoms with Gasteiger partial charge in [0.2, 0.25) is 0 Å². The zero-order chi connectivity index (χ0) is 12.5. The Labute approximate surface area is 103 Å². The van der Waals surface area contributed by atoms with E-state index in [0.717, 1.165) is 12.8 Å². The fourth-order valence-electron chi connectivity index (χ4n) is 2.98. The minimum absolute atomic E-state index is 0.0438. The summed E-state index contributed by atoms with van der Waals surface area (Å²) in [6.07, 6.45) is 3.77. The van der Waals surface area contributed by atoms with E-state index >= 15 is 0 Å². The van der Waals surface area contributed by atoms with Crippen LogP contribution in [-0.2, 0) is 14.3 Å². The summed E-state index contributed by atoms with van der Waals surface area (Å²) in [7, 11) is 0. The Hall–Kier alpha value is -0.610. The molecular formula is C13H23NO3. The molecule has 98 valence electrons. The molecule has 2 N–H and O–H groups in total. The van der Waals surface area contributed by atoms with E-state index < -0.39 is 5.54 Å². The van der Waals surface area contributed by atoms with Gasteiger partial charge in [-0.3, -0.25) is 0 Å². The number of carbonyl (C=O) groups excluding carboxylic acids is 1. The van der Waals surface area contributed by atoms with Crippen LogP contribution in [0.25, 0.3) is 0 Å². The van der Waals surface area contributed by atoms with Crippen LogP contribution in [0, 0.1) is 11.8 Å². The van der Waals surface area contributed by atoms with Gasteiger partial charge in [-0.15, -0.1) is 0 Å². The van der Waals surface area contributed by atoms with Crippen molar-refractivity contribution in [1.29, 1.82) is 0 Å². The minimum atomic E-state index is -0.899. The van der Waals surface area contributed by atoms with E-state index in [-0.39, 0.29) is 12.1 Å². The Balaban J connectivity index is 1.89. The van der Waals surface area contributed by atoms with E-state index in [4.69, 9.17) is 15.2 Å². The third-order valence-corrected chi connectivity index (χ3v) is 3.87. The van der Waals surface area contributed by atoms with Gasteiger partial charge in [-0.1, -0.05) is 13.8 Å². The summed E-state index contributed by atoms with van der Waals surface area (Å²) in [5.74, 6) is 0.983. The van der Waals surface area contributed by atoms with Crippen molar-refractivity contribution < 1.29 is 14.3 Å². The summed E-state index contributed by atoms with van der Waals surface area (Å²) < 4.78 is 10.8. The SMILES string of the molecule is CC1CC(C)CC(OC(=O)C2(N)CCOC2)C1. The highest BCUT2D eigenvalue weighted by molar-refractivity contribution is 5.81. The minimum Gasteiger partial charge on any atom is -0.461 e. The quantitative estimate of drug-likeness (QED) is 0.744. The van der Waals surface area contributed by atoms with Crippen molar-refractivity contribution in [3.05, 3.63) is 0 Å². The molecule has 17 heavy (non-hydrogen) atoms. The summed E-state index contributed by atoms with van der Waals surface area (Å²) in [5, 5.41) is 0. The molecule has 3 atom stereocenters. The molecule has 2 rings (SSSR count). The standard InChI is InChI=1S/C13H23NO3/c1-9-5-10(2)7-11(6-9)17-12(15)13(14)3-4-16-8-13/h9-11H,3-8,14H2,1-2H3. The van der Waals surface area contributed by atoms with Crippen molar-refractivity contribution in [2.24, 2.45) is 17.6 Å². The van der Waals surface area contributed by atoms with E-state index in [1.54, 1.807) is 0 Å². The molecule has 1 saturated heterocycles. The maximum absolute atomic E-state index is 12.0. The van der Waals surface area contributed by atoms with Crippen molar-refractivity contribution in [3.63, 3.8) is 0 Å². The second kappa shape index (κ2) is 4.94. The number of hydrogen-bond acceptors (Lipinski definition) is 4. The smallest absolute Gasteiger partial charge is 0.328 e. The Morgan fingerprint density at radius 3 is 2.47 bits per heavy atom. The monoisotopic (exact) mass is 241 g/mol. The zero-order valence-electron chi connectivity index (χ0n) is 10.8. The van der Waals surface area contributed by atoms with Crippen LogP contribution in [0.2, 0.25) is 0 Å². The molecule has 1 aliphatic carbocycles. The average Bonchev–Trinajstić information content (AvgIpc) is 2.64. The predicted molar refractivity (Wildman–Crippen MR) is 64.4 cm³/mol. The molecule has 3 unspecified atom stereocenters. The first-order valence-corrected chi connectivity index (χ1v) is 6.57. The maximum atomic E-state index is 12.0. The number of nitrogens with two attached hydrogens (primary N) is 1. The van der Waals surface area contributed by atoms with Crippen LogP contribution in [0.15, 0.2) is 0 Å². The van der Waals surface area contributed by atoms with Gasteiger partial charge in [0.05, 0.1) is 6.61 Å². The molecule has 4 heteroatoms. The first kappa shape index (κ1) is 12.8. The van der Waals surface area contributed by atoms with Crippen LogP contribution < -0.4 is 5.73 Å². The highest BCUT2D eigenvalue weighted by Gasteiger charge is 2.41. The molecule has 0 spiro atoms. The molecule has 0 radical (unpaired) electrons. The summed E-state index contributed by atoms with van der Waals surface area (Å²) in [6.45, 7) is 5.29. The van der Waals surface area contributed by atoms with Crippen LogP contribution in [-0.4, -0.2) is 30.8 Å². The summed E-state index contributed by atoms with van der Waals surface area (Å²) in [4.78, 5) is 12.0. The molecule has 0 aromatic carbocycles. The summed E-state index contributed by atoms with van der Waals surface area (Å²) in [6, 6.07) is 0. The fraction of sp³-hybridized carbons (Fsp3) is 0.923. The highest BCUT2D eigenvalue weighted by atomic mass is 16.6. The lowest BCUT2D eigenvalue weighted by Gasteiger charge is -2.33. The molecule has 0 aromatic rings. The maximum Gasteiger partial charge on any atom is 0.328 e. The first-order chi connectivity index (χ1) is 7.99. The van der Waals surface area contributed by atoms with Crippen molar-refractivity contribution >= 4 is 5.97 Å². The molecule has 1 saturated carbocycles. The Morgan fingerprint density at radius 2 is 1.94 bits per heavy atom. The fourth-order valence-corrected chi connectivity index (χ4v) is 2.98. The predicted octanol–water partition coefficient (Wildman–Crippen LogP) is 1.47. The van der Waals surface area contributed by atoms with Crippen LogP contribution in [0.4, 0.5) is 0 Å². The number of esters is 1. The van der Waals surface area contributed by atoms with Crippen LogP contribution in [0.3, 0.4) is 0 Å². The molecule has 0 amide bonds. The van der Waals surface area contributed by atoms with Gasteiger partial charge in [0.1, 0.15) is 11.6 Å². The van der Waals surface area contributed by atoms with Crippen molar-refractivity contribution in [3.8, 4) is 0 Å². The molecule has 0 aromatic heterocycles. The van der Waals surface area contributed by atoms with E-state index in [1.807, 2.05) is 0 Å². The lowest BCUT2D eigenvalue weighted by Crippen LogP contribution is -2.51. The van der Waals surface area contributed by atoms with Crippen LogP contribution in [0.5, 0.6) is 0 Å². The molecule has 2 fully saturated rings. The van der Waals surface area contributed by atoms with Gasteiger partial charge < -0.3 is 15.2 Å². The molecule has 0 bridgehead atoms. The lowest BCUT2D eigenvalue weighted by atomic mass is 9.81. The summed E-state index contributed by atoms with van der Waals surface area (Å²) >= 11 is 0. The van der Waals surface area contributed by atoms with Gasteiger partial charge >= 0.3 is 5.97 Å². The Morgan fingerprint density at radius 1 is 1.29 bits per heavy atom. The highest BCUT2D eigenvalue weighted by Crippen LogP contribution is 2.31. The summed E-state index contributed by atoms with van der Waals surface area (Å²) in [5.41, 5.74) is 5.09. The molecule has 1 heterocycles. The normalized spacial score (nSPS) is 42.4. The molecule has 4 nitrogen and oxygen atoms in total. The van der Waals surface area contributed by atoms with Gasteiger partial charge in [0.25, 0.3) is 0 Å². The molecule has 2 aliphatic rings. The van der Waals surface area contributed by atoms with Crippen LogP contribution in [0.1, 0.15) is 39.5 Å². The Kier molecular flexibility index (Phi) is 3.73. The van der Waals surface area contributed by atoms with Crippen molar-refractivity contribution in [2.75, 3.05) is 13.2 Å². The van der Waals surface area contributed by atoms with E-state index in [1.165, 1.54) is 6.42 Å². The average molecular weight is 241 g/mol. The third-order valence-electron chi connectivity index (χ3n) is 3.87. The van der Waals surface area contributed by atoms with Gasteiger partial charge in [-0.25, -0.2) is 4.79 Å². The van der Waals surface area contributed by atoms with Gasteiger partial charge in [-0.05, 0) is 31.1 Å². The number of carbonyl (C=O) groups is 1. The first-order valence-electron chi connectivity index (χ1n) is 6.57. The molecule has 1 aliphatic heterocycles. The van der Waals surface area contributed by atoms with Crippen molar-refractivity contribution in [2.45, 2.75) is 51.2 Å². The number of ether oxygens (including phenoxy) is 2. The number of rotatable bonds is 2. The van der Waals surface area contributed by atoms with E-state index in [0.29, 0.717) is 31.5 Å². The van der Waals surface area contributed by atoms with Crippen molar-refractivity contribution in [1.82, 2.24) is 0 Å². The Bertz CT molecular complexity index is 276. The topological polar surface area (TPSA) is 61.5 Å². The van der Waals surface area contributed by atoms with Gasteiger partial charge in [0.15, 0.2) is 0 Å². The van der Waals surface area contributed by atoms with Gasteiger partial charge in [0, 0.05) is 13.0 Å². The van der Waals surface area contributed by atoms with Gasteiger partial charge in [-0.2, -0.15) is 0 Å². The van der Waals surface area contributed by atoms with E-state index in [2.05, 4.69) is 13.8 Å². The zero-order valence-corrected chi connectivity index (χ0v) is 10.8. The third kappa shape index (κ3) is 2.99. The van der Waals surface area contributed by atoms with Crippen LogP contribution >= 0.6 is 0 Å². The second-order valence-corrected chi connectivity index (χ2v) is 5.90.